The van der Waals surface area contributed by atoms with Crippen molar-refractivity contribution < 1.29 is 14.4 Å². The summed E-state index contributed by atoms with van der Waals surface area (Å²) in [6.45, 7) is 0. The Morgan fingerprint density at radius 3 is 2.23 bits per heavy atom. The van der Waals surface area contributed by atoms with E-state index in [-0.39, 0.29) is 17.5 Å². The summed E-state index contributed by atoms with van der Waals surface area (Å²) in [5.74, 6) is -1.52. The minimum absolute atomic E-state index is 0.160. The highest BCUT2D eigenvalue weighted by Crippen LogP contribution is 2.58. The number of hydrogen-bond acceptors (Lipinski definition) is 4. The Kier molecular flexibility index (Phi) is 5.42. The molecule has 39 heavy (non-hydrogen) atoms. The molecule has 3 aliphatic heterocycles. The van der Waals surface area contributed by atoms with Crippen LogP contribution in [0.3, 0.4) is 0 Å². The molecule has 0 aromatic heterocycles. The van der Waals surface area contributed by atoms with Gasteiger partial charge in [0.2, 0.25) is 5.91 Å². The number of rotatable bonds is 4. The third-order valence-corrected chi connectivity index (χ3v) is 8.79. The number of amides is 1. The highest BCUT2D eigenvalue weighted by atomic mass is 79.9. The molecule has 3 heterocycles. The van der Waals surface area contributed by atoms with Gasteiger partial charge in [-0.15, -0.1) is 0 Å². The maximum Gasteiger partial charge on any atom is 0.238 e. The molecule has 4 aromatic carbocycles. The number of ketones is 2. The number of fused-ring (bicyclic) bond motifs is 5. The number of Topliss-reactive ketones (excluding diaryl/α,β-unsaturated/α-hetero) is 2. The Morgan fingerprint density at radius 2 is 1.44 bits per heavy atom. The highest BCUT2D eigenvalue weighted by Gasteiger charge is 2.70. The Bertz CT molecular complexity index is 1680. The maximum absolute atomic E-state index is 14.7. The van der Waals surface area contributed by atoms with Crippen molar-refractivity contribution in [1.82, 2.24) is 0 Å². The zero-order valence-corrected chi connectivity index (χ0v) is 22.3. The van der Waals surface area contributed by atoms with Gasteiger partial charge in [-0.05, 0) is 35.4 Å². The molecule has 1 N–H and O–H groups in total. The first-order chi connectivity index (χ1) is 19.0. The summed E-state index contributed by atoms with van der Waals surface area (Å²) in [5, 5.41) is 3.04. The van der Waals surface area contributed by atoms with E-state index in [9.17, 15) is 14.4 Å². The first-order valence-corrected chi connectivity index (χ1v) is 13.7. The van der Waals surface area contributed by atoms with E-state index in [0.29, 0.717) is 22.4 Å². The van der Waals surface area contributed by atoms with Gasteiger partial charge in [0, 0.05) is 27.0 Å². The number of benzene rings is 4. The minimum atomic E-state index is -1.44. The first kappa shape index (κ1) is 23.8. The molecular weight excluding hydrogens is 552 g/mol. The van der Waals surface area contributed by atoms with Gasteiger partial charge >= 0.3 is 0 Å². The Morgan fingerprint density at radius 1 is 0.769 bits per heavy atom. The molecule has 5 nitrogen and oxygen atoms in total. The molecule has 1 fully saturated rings. The van der Waals surface area contributed by atoms with E-state index < -0.39 is 23.4 Å². The molecule has 7 rings (SSSR count). The quantitative estimate of drug-likeness (QED) is 0.290. The maximum atomic E-state index is 14.7. The number of nitrogens with zero attached hydrogens (tertiary/aromatic N) is 1. The molecular formula is C33H23BrN2O3. The van der Waals surface area contributed by atoms with Crippen LogP contribution in [-0.4, -0.2) is 29.6 Å². The lowest BCUT2D eigenvalue weighted by Crippen LogP contribution is -2.55. The van der Waals surface area contributed by atoms with Gasteiger partial charge in [0.05, 0.1) is 12.0 Å². The Labute approximate surface area is 234 Å². The van der Waals surface area contributed by atoms with E-state index in [1.807, 2.05) is 95.9 Å². The third kappa shape index (κ3) is 3.34. The molecule has 4 atom stereocenters. The fourth-order valence-electron chi connectivity index (χ4n) is 6.69. The summed E-state index contributed by atoms with van der Waals surface area (Å²) in [5.41, 5.74) is 2.65. The summed E-state index contributed by atoms with van der Waals surface area (Å²) >= 11 is 3.46. The smallest absolute Gasteiger partial charge is 0.238 e. The second-order valence-corrected chi connectivity index (χ2v) is 11.1. The van der Waals surface area contributed by atoms with Gasteiger partial charge in [0.25, 0.3) is 0 Å². The van der Waals surface area contributed by atoms with Crippen LogP contribution in [0, 0.1) is 5.92 Å². The lowest BCUT2D eigenvalue weighted by Gasteiger charge is -2.37. The van der Waals surface area contributed by atoms with Crippen LogP contribution in [0.25, 0.3) is 6.08 Å². The highest BCUT2D eigenvalue weighted by molar-refractivity contribution is 9.10. The van der Waals surface area contributed by atoms with E-state index in [1.165, 1.54) is 0 Å². The number of carbonyl (C=O) groups is 3. The number of hydrogen-bond donors (Lipinski definition) is 1. The number of para-hydroxylation sites is 2. The lowest BCUT2D eigenvalue weighted by molar-refractivity contribution is -0.121. The van der Waals surface area contributed by atoms with Gasteiger partial charge in [0.1, 0.15) is 11.5 Å². The van der Waals surface area contributed by atoms with E-state index in [0.717, 1.165) is 15.7 Å². The Balaban J connectivity index is 1.54. The van der Waals surface area contributed by atoms with Crippen molar-refractivity contribution in [2.24, 2.45) is 5.92 Å². The molecule has 3 aliphatic rings. The van der Waals surface area contributed by atoms with Crippen molar-refractivity contribution in [3.63, 3.8) is 0 Å². The summed E-state index contributed by atoms with van der Waals surface area (Å²) in [6.07, 6.45) is 3.99. The molecule has 0 aliphatic carbocycles. The van der Waals surface area contributed by atoms with Crippen molar-refractivity contribution in [1.29, 1.82) is 0 Å². The van der Waals surface area contributed by atoms with E-state index in [1.54, 1.807) is 24.3 Å². The van der Waals surface area contributed by atoms with Crippen molar-refractivity contribution in [2.75, 3.05) is 10.2 Å². The number of anilines is 2. The summed E-state index contributed by atoms with van der Waals surface area (Å²) in [6, 6.07) is 30.1. The number of halogens is 1. The molecule has 0 saturated carbocycles. The van der Waals surface area contributed by atoms with Crippen LogP contribution in [0.4, 0.5) is 11.4 Å². The van der Waals surface area contributed by atoms with Crippen LogP contribution in [-0.2, 0) is 10.2 Å². The molecule has 1 amide bonds. The summed E-state index contributed by atoms with van der Waals surface area (Å²) < 4.78 is 0.852. The average molecular weight is 575 g/mol. The van der Waals surface area contributed by atoms with Crippen LogP contribution in [0.5, 0.6) is 0 Å². The monoisotopic (exact) mass is 574 g/mol. The van der Waals surface area contributed by atoms with E-state index in [2.05, 4.69) is 21.2 Å². The molecule has 0 bridgehead atoms. The van der Waals surface area contributed by atoms with Crippen LogP contribution in [0.15, 0.2) is 114 Å². The molecule has 1 spiro atoms. The average Bonchev–Trinajstić information content (AvgIpc) is 3.45. The van der Waals surface area contributed by atoms with Gasteiger partial charge in [-0.1, -0.05) is 107 Å². The van der Waals surface area contributed by atoms with Crippen molar-refractivity contribution >= 4 is 50.9 Å². The zero-order chi connectivity index (χ0) is 26.7. The number of carbonyl (C=O) groups excluding carboxylic acids is 3. The minimum Gasteiger partial charge on any atom is -0.352 e. The first-order valence-electron chi connectivity index (χ1n) is 12.9. The fraction of sp³-hybridized carbons (Fsp3) is 0.121. The van der Waals surface area contributed by atoms with Gasteiger partial charge in [-0.3, -0.25) is 14.4 Å². The predicted molar refractivity (Wildman–Crippen MR) is 155 cm³/mol. The van der Waals surface area contributed by atoms with Crippen molar-refractivity contribution in [3.05, 3.63) is 136 Å². The summed E-state index contributed by atoms with van der Waals surface area (Å²) in [4.78, 5) is 45.6. The van der Waals surface area contributed by atoms with Crippen molar-refractivity contribution in [3.8, 4) is 0 Å². The number of nitrogens with one attached hydrogen (secondary N) is 1. The van der Waals surface area contributed by atoms with Crippen molar-refractivity contribution in [2.45, 2.75) is 17.5 Å². The molecule has 4 aromatic rings. The summed E-state index contributed by atoms with van der Waals surface area (Å²) in [7, 11) is 0. The van der Waals surface area contributed by atoms with Crippen LogP contribution in [0.2, 0.25) is 0 Å². The van der Waals surface area contributed by atoms with Crippen LogP contribution >= 0.6 is 15.9 Å². The zero-order valence-electron chi connectivity index (χ0n) is 20.8. The molecule has 6 heteroatoms. The molecule has 0 radical (unpaired) electrons. The van der Waals surface area contributed by atoms with E-state index in [4.69, 9.17) is 0 Å². The fourth-order valence-corrected chi connectivity index (χ4v) is 6.96. The normalized spacial score (nSPS) is 24.2. The lowest BCUT2D eigenvalue weighted by atomic mass is 9.63. The van der Waals surface area contributed by atoms with Gasteiger partial charge in [-0.25, -0.2) is 0 Å². The topological polar surface area (TPSA) is 66.5 Å². The second kappa shape index (κ2) is 8.89. The third-order valence-electron chi connectivity index (χ3n) is 8.27. The molecule has 190 valence electrons. The predicted octanol–water partition coefficient (Wildman–Crippen LogP) is 6.31. The van der Waals surface area contributed by atoms with Gasteiger partial charge in [0.15, 0.2) is 11.6 Å². The van der Waals surface area contributed by atoms with Gasteiger partial charge < -0.3 is 10.2 Å². The molecule has 1 saturated heterocycles. The Hall–Kier alpha value is -4.29. The van der Waals surface area contributed by atoms with Gasteiger partial charge in [-0.2, -0.15) is 0 Å². The second-order valence-electron chi connectivity index (χ2n) is 10.2. The SMILES string of the molecule is O=C(c1ccc(Br)cc1)[C@@H]1N2c3ccccc3C=C[C@H]2[C@H](C(=O)c2ccccc2)[C@]12C(=O)Nc1ccccc12. The largest absolute Gasteiger partial charge is 0.352 e. The van der Waals surface area contributed by atoms with Crippen LogP contribution in [0.1, 0.15) is 31.8 Å². The van der Waals surface area contributed by atoms with Crippen LogP contribution < -0.4 is 10.2 Å². The molecule has 0 unspecified atom stereocenters. The standard InChI is InChI=1S/C33H23BrN2O3/c34-23-17-14-22(15-18-23)30(38)31-33(24-11-5-6-12-25(24)35-32(33)39)28(29(37)21-9-2-1-3-10-21)27-19-16-20-8-4-7-13-26(20)36(27)31/h1-19,27-28,31H,(H,35,39)/t27-,28+,31-,33-/m0/s1. The van der Waals surface area contributed by atoms with E-state index >= 15 is 0 Å².